The lowest BCUT2D eigenvalue weighted by Crippen LogP contribution is -2.20. The molecular weight excluding hydrogens is 357 g/mol. The summed E-state index contributed by atoms with van der Waals surface area (Å²) in [5.41, 5.74) is 1.54. The van der Waals surface area contributed by atoms with Gasteiger partial charge in [0.1, 0.15) is 11.6 Å². The van der Waals surface area contributed by atoms with Gasteiger partial charge in [0, 0.05) is 16.6 Å². The molecule has 21 heavy (non-hydrogen) atoms. The standard InChI is InChI=1S/C16H16BrClFNO/c1-20-15(7-10-5-3-4-6-14(10)19)12-8-11(18)9-13(17)16(12)21-2/h3-6,8-9,15,20H,7H2,1-2H3. The number of rotatable bonds is 5. The Morgan fingerprint density at radius 1 is 1.33 bits per heavy atom. The molecule has 0 saturated carbocycles. The van der Waals surface area contributed by atoms with E-state index in [2.05, 4.69) is 21.2 Å². The van der Waals surface area contributed by atoms with Gasteiger partial charge in [-0.2, -0.15) is 0 Å². The summed E-state index contributed by atoms with van der Waals surface area (Å²) < 4.78 is 20.1. The van der Waals surface area contributed by atoms with Crippen molar-refractivity contribution in [3.63, 3.8) is 0 Å². The topological polar surface area (TPSA) is 21.3 Å². The molecule has 0 aliphatic heterocycles. The fourth-order valence-corrected chi connectivity index (χ4v) is 3.30. The third-order valence-corrected chi connectivity index (χ3v) is 4.15. The van der Waals surface area contributed by atoms with Crippen LogP contribution in [0.3, 0.4) is 0 Å². The number of nitrogens with one attached hydrogen (secondary N) is 1. The van der Waals surface area contributed by atoms with Gasteiger partial charge in [0.2, 0.25) is 0 Å². The molecule has 2 aromatic carbocycles. The van der Waals surface area contributed by atoms with Gasteiger partial charge in [-0.25, -0.2) is 4.39 Å². The zero-order valence-electron chi connectivity index (χ0n) is 11.8. The molecule has 0 aliphatic rings. The van der Waals surface area contributed by atoms with E-state index in [1.165, 1.54) is 6.07 Å². The Hall–Kier alpha value is -1.10. The van der Waals surface area contributed by atoms with Crippen molar-refractivity contribution in [2.75, 3.05) is 14.2 Å². The van der Waals surface area contributed by atoms with Crippen LogP contribution in [0.1, 0.15) is 17.2 Å². The van der Waals surface area contributed by atoms with Gasteiger partial charge in [0.15, 0.2) is 0 Å². The highest BCUT2D eigenvalue weighted by molar-refractivity contribution is 9.10. The maximum atomic E-state index is 13.8. The summed E-state index contributed by atoms with van der Waals surface area (Å²) in [6, 6.07) is 10.3. The predicted octanol–water partition coefficient (Wildman–Crippen LogP) is 4.75. The molecule has 0 amide bonds. The molecule has 1 N–H and O–H groups in total. The zero-order chi connectivity index (χ0) is 15.4. The molecule has 2 rings (SSSR count). The van der Waals surface area contributed by atoms with Crippen molar-refractivity contribution in [2.45, 2.75) is 12.5 Å². The van der Waals surface area contributed by atoms with Crippen molar-refractivity contribution in [3.05, 3.63) is 62.8 Å². The Morgan fingerprint density at radius 3 is 2.67 bits per heavy atom. The molecule has 1 unspecified atom stereocenters. The van der Waals surface area contributed by atoms with Crippen LogP contribution in [0.5, 0.6) is 5.75 Å². The summed E-state index contributed by atoms with van der Waals surface area (Å²) in [6.07, 6.45) is 0.506. The molecule has 0 aromatic heterocycles. The number of methoxy groups -OCH3 is 1. The lowest BCUT2D eigenvalue weighted by molar-refractivity contribution is 0.398. The molecular formula is C16H16BrClFNO. The SMILES string of the molecule is CNC(Cc1ccccc1F)c1cc(Cl)cc(Br)c1OC. The van der Waals surface area contributed by atoms with E-state index >= 15 is 0 Å². The largest absolute Gasteiger partial charge is 0.495 e. The van der Waals surface area contributed by atoms with Crippen molar-refractivity contribution >= 4 is 27.5 Å². The lowest BCUT2D eigenvalue weighted by Gasteiger charge is -2.21. The molecule has 1 atom stereocenters. The van der Waals surface area contributed by atoms with Gasteiger partial charge in [-0.05, 0) is 53.2 Å². The van der Waals surface area contributed by atoms with Crippen LogP contribution in [0, 0.1) is 5.82 Å². The van der Waals surface area contributed by atoms with Crippen LogP contribution in [0.15, 0.2) is 40.9 Å². The number of hydrogen-bond donors (Lipinski definition) is 1. The maximum absolute atomic E-state index is 13.8. The molecule has 0 radical (unpaired) electrons. The Kier molecular flexibility index (Phi) is 5.62. The molecule has 0 spiro atoms. The minimum Gasteiger partial charge on any atom is -0.495 e. The number of hydrogen-bond acceptors (Lipinski definition) is 2. The molecule has 0 fully saturated rings. The number of halogens is 3. The normalized spacial score (nSPS) is 12.2. The van der Waals surface area contributed by atoms with E-state index < -0.39 is 0 Å². The van der Waals surface area contributed by atoms with Crippen LogP contribution < -0.4 is 10.1 Å². The first kappa shape index (κ1) is 16.3. The van der Waals surface area contributed by atoms with Gasteiger partial charge >= 0.3 is 0 Å². The van der Waals surface area contributed by atoms with E-state index in [-0.39, 0.29) is 11.9 Å². The molecule has 5 heteroatoms. The molecule has 112 valence electrons. The van der Waals surface area contributed by atoms with Crippen molar-refractivity contribution in [2.24, 2.45) is 0 Å². The first-order valence-electron chi connectivity index (χ1n) is 6.50. The van der Waals surface area contributed by atoms with Crippen molar-refractivity contribution < 1.29 is 9.13 Å². The van der Waals surface area contributed by atoms with Crippen LogP contribution in [-0.2, 0) is 6.42 Å². The van der Waals surface area contributed by atoms with Gasteiger partial charge in [0.05, 0.1) is 11.6 Å². The van der Waals surface area contributed by atoms with Crippen LogP contribution in [-0.4, -0.2) is 14.2 Å². The van der Waals surface area contributed by atoms with Crippen molar-refractivity contribution in [3.8, 4) is 5.75 Å². The monoisotopic (exact) mass is 371 g/mol. The highest BCUT2D eigenvalue weighted by atomic mass is 79.9. The predicted molar refractivity (Wildman–Crippen MR) is 87.6 cm³/mol. The maximum Gasteiger partial charge on any atom is 0.137 e. The number of benzene rings is 2. The van der Waals surface area contributed by atoms with Crippen LogP contribution in [0.25, 0.3) is 0 Å². The lowest BCUT2D eigenvalue weighted by atomic mass is 9.98. The summed E-state index contributed by atoms with van der Waals surface area (Å²) >= 11 is 9.57. The summed E-state index contributed by atoms with van der Waals surface area (Å²) in [5.74, 6) is 0.493. The summed E-state index contributed by atoms with van der Waals surface area (Å²) in [7, 11) is 3.44. The Bertz CT molecular complexity index is 636. The van der Waals surface area contributed by atoms with Gasteiger partial charge in [-0.15, -0.1) is 0 Å². The minimum absolute atomic E-state index is 0.105. The second-order valence-corrected chi connectivity index (χ2v) is 5.94. The molecule has 0 aliphatic carbocycles. The number of ether oxygens (including phenoxy) is 1. The van der Waals surface area contributed by atoms with E-state index in [0.29, 0.717) is 22.8 Å². The first-order valence-corrected chi connectivity index (χ1v) is 7.67. The fraction of sp³-hybridized carbons (Fsp3) is 0.250. The summed E-state index contributed by atoms with van der Waals surface area (Å²) in [4.78, 5) is 0. The Balaban J connectivity index is 2.40. The van der Waals surface area contributed by atoms with E-state index in [1.54, 1.807) is 25.3 Å². The third-order valence-electron chi connectivity index (χ3n) is 3.35. The molecule has 2 nitrogen and oxygen atoms in total. The van der Waals surface area contributed by atoms with E-state index in [0.717, 1.165) is 10.0 Å². The highest BCUT2D eigenvalue weighted by Gasteiger charge is 2.19. The fourth-order valence-electron chi connectivity index (χ4n) is 2.31. The average Bonchev–Trinajstić information content (AvgIpc) is 2.45. The van der Waals surface area contributed by atoms with E-state index in [9.17, 15) is 4.39 Å². The van der Waals surface area contributed by atoms with Gasteiger partial charge < -0.3 is 10.1 Å². The highest BCUT2D eigenvalue weighted by Crippen LogP contribution is 2.37. The third kappa shape index (κ3) is 3.76. The van der Waals surface area contributed by atoms with Gasteiger partial charge in [-0.3, -0.25) is 0 Å². The van der Waals surface area contributed by atoms with Gasteiger partial charge in [0.25, 0.3) is 0 Å². The second kappa shape index (κ2) is 7.25. The summed E-state index contributed by atoms with van der Waals surface area (Å²) in [5, 5.41) is 3.80. The van der Waals surface area contributed by atoms with Crippen molar-refractivity contribution in [1.29, 1.82) is 0 Å². The smallest absolute Gasteiger partial charge is 0.137 e. The second-order valence-electron chi connectivity index (χ2n) is 4.65. The van der Waals surface area contributed by atoms with Crippen LogP contribution in [0.4, 0.5) is 4.39 Å². The summed E-state index contributed by atoms with van der Waals surface area (Å²) in [6.45, 7) is 0. The Morgan fingerprint density at radius 2 is 2.05 bits per heavy atom. The van der Waals surface area contributed by atoms with Crippen LogP contribution >= 0.6 is 27.5 Å². The molecule has 2 aromatic rings. The van der Waals surface area contributed by atoms with Crippen LogP contribution in [0.2, 0.25) is 5.02 Å². The average molecular weight is 373 g/mol. The zero-order valence-corrected chi connectivity index (χ0v) is 14.1. The molecule has 0 bridgehead atoms. The number of likely N-dealkylation sites (N-methyl/N-ethyl adjacent to an activating group) is 1. The van der Waals surface area contributed by atoms with Gasteiger partial charge in [-0.1, -0.05) is 29.8 Å². The Labute approximate surface area is 137 Å². The van der Waals surface area contributed by atoms with E-state index in [4.69, 9.17) is 16.3 Å². The molecule has 0 saturated heterocycles. The van der Waals surface area contributed by atoms with Crippen molar-refractivity contribution in [1.82, 2.24) is 5.32 Å². The minimum atomic E-state index is -0.210. The quantitative estimate of drug-likeness (QED) is 0.817. The molecule has 0 heterocycles. The van der Waals surface area contributed by atoms with E-state index in [1.807, 2.05) is 19.2 Å². The first-order chi connectivity index (χ1) is 10.1.